The first-order valence-electron chi connectivity index (χ1n) is 6.29. The Morgan fingerprint density at radius 2 is 2.27 bits per heavy atom. The first kappa shape index (κ1) is 12.9. The Labute approximate surface area is 94.2 Å². The summed E-state index contributed by atoms with van der Waals surface area (Å²) in [5.41, 5.74) is 0. The Balaban J connectivity index is 2.17. The van der Waals surface area contributed by atoms with E-state index >= 15 is 0 Å². The highest BCUT2D eigenvalue weighted by molar-refractivity contribution is 4.73. The van der Waals surface area contributed by atoms with Crippen molar-refractivity contribution in [1.82, 2.24) is 10.2 Å². The van der Waals surface area contributed by atoms with Crippen molar-refractivity contribution in [3.63, 3.8) is 0 Å². The quantitative estimate of drug-likeness (QED) is 0.695. The van der Waals surface area contributed by atoms with E-state index in [0.29, 0.717) is 12.1 Å². The van der Waals surface area contributed by atoms with Gasteiger partial charge in [-0.25, -0.2) is 0 Å². The van der Waals surface area contributed by atoms with Crippen LogP contribution in [0.3, 0.4) is 0 Å². The molecule has 0 amide bonds. The van der Waals surface area contributed by atoms with Gasteiger partial charge >= 0.3 is 0 Å². The van der Waals surface area contributed by atoms with E-state index in [1.54, 1.807) is 0 Å². The number of hydrogen-bond acceptors (Lipinski definition) is 3. The molecular formula is C12H26N2O. The van der Waals surface area contributed by atoms with Crippen LogP contribution in [-0.2, 0) is 4.74 Å². The molecule has 90 valence electrons. The second-order valence-electron chi connectivity index (χ2n) is 4.52. The highest BCUT2D eigenvalue weighted by atomic mass is 16.5. The molecule has 1 fully saturated rings. The maximum Gasteiger partial charge on any atom is 0.0702 e. The van der Waals surface area contributed by atoms with Gasteiger partial charge in [-0.2, -0.15) is 0 Å². The lowest BCUT2D eigenvalue weighted by Crippen LogP contribution is -2.41. The molecule has 1 aliphatic heterocycles. The normalized spacial score (nSPS) is 23.6. The maximum absolute atomic E-state index is 5.64. The molecule has 1 rings (SSSR count). The lowest BCUT2D eigenvalue weighted by Gasteiger charge is -2.25. The molecular weight excluding hydrogens is 188 g/mol. The second kappa shape index (κ2) is 7.20. The fourth-order valence-corrected chi connectivity index (χ4v) is 2.21. The Morgan fingerprint density at radius 1 is 1.47 bits per heavy atom. The van der Waals surface area contributed by atoms with Gasteiger partial charge in [0.15, 0.2) is 0 Å². The monoisotopic (exact) mass is 214 g/mol. The minimum Gasteiger partial charge on any atom is -0.377 e. The summed E-state index contributed by atoms with van der Waals surface area (Å²) in [6.07, 6.45) is 4.16. The van der Waals surface area contributed by atoms with E-state index in [2.05, 4.69) is 31.1 Å². The van der Waals surface area contributed by atoms with Gasteiger partial charge in [0.2, 0.25) is 0 Å². The number of ether oxygens (including phenoxy) is 1. The molecule has 0 aromatic rings. The molecule has 0 saturated carbocycles. The van der Waals surface area contributed by atoms with Crippen LogP contribution in [0.4, 0.5) is 0 Å². The smallest absolute Gasteiger partial charge is 0.0702 e. The minimum absolute atomic E-state index is 0.481. The predicted molar refractivity (Wildman–Crippen MR) is 64.2 cm³/mol. The van der Waals surface area contributed by atoms with E-state index in [4.69, 9.17) is 4.74 Å². The van der Waals surface area contributed by atoms with Crippen molar-refractivity contribution in [2.45, 2.75) is 45.3 Å². The molecule has 0 spiro atoms. The van der Waals surface area contributed by atoms with Crippen molar-refractivity contribution in [3.05, 3.63) is 0 Å². The molecule has 0 radical (unpaired) electrons. The van der Waals surface area contributed by atoms with Crippen LogP contribution >= 0.6 is 0 Å². The van der Waals surface area contributed by atoms with Crippen molar-refractivity contribution in [2.24, 2.45) is 0 Å². The molecule has 0 aromatic carbocycles. The van der Waals surface area contributed by atoms with Crippen molar-refractivity contribution < 1.29 is 4.74 Å². The molecule has 1 N–H and O–H groups in total. The summed E-state index contributed by atoms with van der Waals surface area (Å²) in [6, 6.07) is 0.626. The average molecular weight is 214 g/mol. The van der Waals surface area contributed by atoms with Crippen LogP contribution in [0.2, 0.25) is 0 Å². The maximum atomic E-state index is 5.64. The van der Waals surface area contributed by atoms with Crippen molar-refractivity contribution in [3.8, 4) is 0 Å². The van der Waals surface area contributed by atoms with Crippen LogP contribution in [0.1, 0.15) is 33.1 Å². The van der Waals surface area contributed by atoms with E-state index in [1.165, 1.54) is 19.3 Å². The van der Waals surface area contributed by atoms with E-state index < -0.39 is 0 Å². The van der Waals surface area contributed by atoms with Crippen molar-refractivity contribution in [2.75, 3.05) is 33.3 Å². The van der Waals surface area contributed by atoms with Gasteiger partial charge in [-0.15, -0.1) is 0 Å². The predicted octanol–water partition coefficient (Wildman–Crippen LogP) is 1.49. The zero-order valence-electron chi connectivity index (χ0n) is 10.5. The van der Waals surface area contributed by atoms with Crippen LogP contribution in [0.15, 0.2) is 0 Å². The molecule has 1 heterocycles. The summed E-state index contributed by atoms with van der Waals surface area (Å²) in [7, 11) is 2.20. The fraction of sp³-hybridized carbons (Fsp3) is 1.00. The van der Waals surface area contributed by atoms with Gasteiger partial charge in [-0.3, -0.25) is 0 Å². The van der Waals surface area contributed by atoms with Gasteiger partial charge in [0, 0.05) is 25.7 Å². The SMILES string of the molecule is CCNC(CC)CN(C)CC1CCCO1. The molecule has 1 saturated heterocycles. The summed E-state index contributed by atoms with van der Waals surface area (Å²) in [5, 5.41) is 3.51. The Kier molecular flexibility index (Phi) is 6.22. The Bertz CT molecular complexity index is 158. The highest BCUT2D eigenvalue weighted by Crippen LogP contribution is 2.12. The first-order chi connectivity index (χ1) is 7.26. The number of nitrogens with one attached hydrogen (secondary N) is 1. The molecule has 0 bridgehead atoms. The fourth-order valence-electron chi connectivity index (χ4n) is 2.21. The van der Waals surface area contributed by atoms with Crippen LogP contribution in [0, 0.1) is 0 Å². The lowest BCUT2D eigenvalue weighted by molar-refractivity contribution is 0.0783. The molecule has 2 unspecified atom stereocenters. The van der Waals surface area contributed by atoms with Gasteiger partial charge < -0.3 is 15.0 Å². The van der Waals surface area contributed by atoms with Crippen LogP contribution in [0.5, 0.6) is 0 Å². The topological polar surface area (TPSA) is 24.5 Å². The Morgan fingerprint density at radius 3 is 2.80 bits per heavy atom. The minimum atomic E-state index is 0.481. The molecule has 0 aliphatic carbocycles. The van der Waals surface area contributed by atoms with Gasteiger partial charge in [-0.1, -0.05) is 13.8 Å². The third kappa shape index (κ3) is 4.96. The molecule has 15 heavy (non-hydrogen) atoms. The lowest BCUT2D eigenvalue weighted by atomic mass is 10.2. The molecule has 2 atom stereocenters. The standard InChI is InChI=1S/C12H26N2O/c1-4-11(13-5-2)9-14(3)10-12-7-6-8-15-12/h11-13H,4-10H2,1-3H3. The number of hydrogen-bond donors (Lipinski definition) is 1. The summed E-state index contributed by atoms with van der Waals surface area (Å²) < 4.78 is 5.64. The van der Waals surface area contributed by atoms with Gasteiger partial charge in [0.05, 0.1) is 6.10 Å². The second-order valence-corrected chi connectivity index (χ2v) is 4.52. The van der Waals surface area contributed by atoms with Crippen molar-refractivity contribution in [1.29, 1.82) is 0 Å². The van der Waals surface area contributed by atoms with Crippen LogP contribution < -0.4 is 5.32 Å². The van der Waals surface area contributed by atoms with E-state index in [9.17, 15) is 0 Å². The zero-order chi connectivity index (χ0) is 11.1. The van der Waals surface area contributed by atoms with Crippen LogP contribution in [-0.4, -0.2) is 50.3 Å². The number of nitrogens with zero attached hydrogens (tertiary/aromatic N) is 1. The van der Waals surface area contributed by atoms with Crippen LogP contribution in [0.25, 0.3) is 0 Å². The average Bonchev–Trinajstić information content (AvgIpc) is 2.69. The number of rotatable bonds is 7. The van der Waals surface area contributed by atoms with E-state index in [1.807, 2.05) is 0 Å². The van der Waals surface area contributed by atoms with Gasteiger partial charge in [0.1, 0.15) is 0 Å². The van der Waals surface area contributed by atoms with Gasteiger partial charge in [0.25, 0.3) is 0 Å². The zero-order valence-corrected chi connectivity index (χ0v) is 10.5. The van der Waals surface area contributed by atoms with E-state index in [-0.39, 0.29) is 0 Å². The highest BCUT2D eigenvalue weighted by Gasteiger charge is 2.18. The third-order valence-electron chi connectivity index (χ3n) is 3.06. The molecule has 0 aromatic heterocycles. The van der Waals surface area contributed by atoms with Crippen molar-refractivity contribution >= 4 is 0 Å². The summed E-state index contributed by atoms with van der Waals surface area (Å²) in [5.74, 6) is 0. The summed E-state index contributed by atoms with van der Waals surface area (Å²) in [6.45, 7) is 8.65. The molecule has 1 aliphatic rings. The third-order valence-corrected chi connectivity index (χ3v) is 3.06. The van der Waals surface area contributed by atoms with E-state index in [0.717, 1.165) is 26.2 Å². The largest absolute Gasteiger partial charge is 0.377 e. The molecule has 3 nitrogen and oxygen atoms in total. The molecule has 3 heteroatoms. The number of likely N-dealkylation sites (N-methyl/N-ethyl adjacent to an activating group) is 2. The summed E-state index contributed by atoms with van der Waals surface area (Å²) in [4.78, 5) is 2.40. The first-order valence-corrected chi connectivity index (χ1v) is 6.29. The van der Waals surface area contributed by atoms with Gasteiger partial charge in [-0.05, 0) is 32.9 Å². The Hall–Kier alpha value is -0.120. The summed E-state index contributed by atoms with van der Waals surface area (Å²) >= 11 is 0.